The Hall–Kier alpha value is -2.84. The van der Waals surface area contributed by atoms with E-state index >= 15 is 0 Å². The molecule has 0 saturated carbocycles. The van der Waals surface area contributed by atoms with Gasteiger partial charge >= 0.3 is 12.1 Å². The maximum atomic E-state index is 12.7. The van der Waals surface area contributed by atoms with Gasteiger partial charge in [-0.1, -0.05) is 19.9 Å². The zero-order valence-corrected chi connectivity index (χ0v) is 16.8. The lowest BCUT2D eigenvalue weighted by atomic mass is 10.1. The molecule has 6 nitrogen and oxygen atoms in total. The van der Waals surface area contributed by atoms with Crippen LogP contribution in [0.2, 0.25) is 0 Å². The molecule has 1 aromatic carbocycles. The number of carbonyl (C=O) groups excluding carboxylic acids is 2. The van der Waals surface area contributed by atoms with Crippen LogP contribution in [0.5, 0.6) is 0 Å². The lowest BCUT2D eigenvalue weighted by molar-refractivity contribution is -0.146. The van der Waals surface area contributed by atoms with Gasteiger partial charge in [0.25, 0.3) is 5.91 Å². The minimum Gasteiger partial charge on any atom is -0.455 e. The molecule has 0 aliphatic rings. The first kappa shape index (κ1) is 22.4. The highest BCUT2D eigenvalue weighted by Crippen LogP contribution is 2.30. The highest BCUT2D eigenvalue weighted by molar-refractivity contribution is 5.93. The first-order valence-corrected chi connectivity index (χ1v) is 9.13. The minimum atomic E-state index is -4.51. The Bertz CT molecular complexity index is 889. The Morgan fingerprint density at radius 1 is 1.24 bits per heavy atom. The molecule has 0 radical (unpaired) electrons. The van der Waals surface area contributed by atoms with Crippen molar-refractivity contribution in [1.82, 2.24) is 9.78 Å². The summed E-state index contributed by atoms with van der Waals surface area (Å²) in [5.74, 6) is -0.937. The van der Waals surface area contributed by atoms with E-state index in [0.717, 1.165) is 29.9 Å². The molecular formula is C20H24F3N3O3. The van der Waals surface area contributed by atoms with E-state index < -0.39 is 30.2 Å². The van der Waals surface area contributed by atoms with Crippen LogP contribution in [0, 0.1) is 19.8 Å². The molecule has 1 aromatic heterocycles. The highest BCUT2D eigenvalue weighted by atomic mass is 19.4. The second-order valence-corrected chi connectivity index (χ2v) is 7.19. The summed E-state index contributed by atoms with van der Waals surface area (Å²) in [4.78, 5) is 24.0. The van der Waals surface area contributed by atoms with E-state index in [-0.39, 0.29) is 12.1 Å². The van der Waals surface area contributed by atoms with Crippen molar-refractivity contribution in [3.8, 4) is 0 Å². The average Bonchev–Trinajstić information content (AvgIpc) is 2.86. The molecule has 0 fully saturated rings. The third-order valence-corrected chi connectivity index (χ3v) is 4.23. The number of benzene rings is 1. The zero-order chi connectivity index (χ0) is 21.8. The molecule has 1 amide bonds. The van der Waals surface area contributed by atoms with Gasteiger partial charge in [0.05, 0.1) is 17.7 Å². The van der Waals surface area contributed by atoms with Gasteiger partial charge in [-0.2, -0.15) is 18.3 Å². The first-order valence-electron chi connectivity index (χ1n) is 9.13. The number of anilines is 1. The number of hydrogen-bond acceptors (Lipinski definition) is 4. The molecule has 0 bridgehead atoms. The van der Waals surface area contributed by atoms with E-state index in [0.29, 0.717) is 11.6 Å². The Labute approximate surface area is 167 Å². The molecule has 0 aliphatic carbocycles. The van der Waals surface area contributed by atoms with E-state index in [1.54, 1.807) is 6.92 Å². The standard InChI is InChI=1S/C20H24F3N3O3/c1-12(2)10-26-14(4)17(13(3)25-26)9-19(28)29-11-18(27)24-16-7-5-6-15(8-16)20(21,22)23/h5-8,12H,9-11H2,1-4H3,(H,24,27). The van der Waals surface area contributed by atoms with Gasteiger partial charge in [0.15, 0.2) is 6.61 Å². The van der Waals surface area contributed by atoms with Crippen LogP contribution in [0.3, 0.4) is 0 Å². The van der Waals surface area contributed by atoms with Crippen LogP contribution < -0.4 is 5.32 Å². The van der Waals surface area contributed by atoms with Gasteiger partial charge in [0, 0.05) is 23.5 Å². The SMILES string of the molecule is Cc1nn(CC(C)C)c(C)c1CC(=O)OCC(=O)Nc1cccc(C(F)(F)F)c1. The van der Waals surface area contributed by atoms with Crippen molar-refractivity contribution in [1.29, 1.82) is 0 Å². The fourth-order valence-electron chi connectivity index (χ4n) is 2.83. The predicted octanol–water partition coefficient (Wildman–Crippen LogP) is 3.90. The van der Waals surface area contributed by atoms with Crippen LogP contribution in [0.4, 0.5) is 18.9 Å². The molecule has 0 aliphatic heterocycles. The van der Waals surface area contributed by atoms with Crippen molar-refractivity contribution in [2.24, 2.45) is 5.92 Å². The second-order valence-electron chi connectivity index (χ2n) is 7.19. The fraction of sp³-hybridized carbons (Fsp3) is 0.450. The third-order valence-electron chi connectivity index (χ3n) is 4.23. The monoisotopic (exact) mass is 411 g/mol. The van der Waals surface area contributed by atoms with Gasteiger partial charge in [-0.25, -0.2) is 0 Å². The summed E-state index contributed by atoms with van der Waals surface area (Å²) < 4.78 is 44.9. The van der Waals surface area contributed by atoms with Gasteiger partial charge < -0.3 is 10.1 Å². The maximum absolute atomic E-state index is 12.7. The summed E-state index contributed by atoms with van der Waals surface area (Å²) in [7, 11) is 0. The third kappa shape index (κ3) is 6.33. The molecule has 1 N–H and O–H groups in total. The Morgan fingerprint density at radius 3 is 2.55 bits per heavy atom. The number of ether oxygens (including phenoxy) is 1. The Balaban J connectivity index is 1.91. The van der Waals surface area contributed by atoms with Crippen molar-refractivity contribution < 1.29 is 27.5 Å². The van der Waals surface area contributed by atoms with Crippen LogP contribution in [0.15, 0.2) is 24.3 Å². The average molecular weight is 411 g/mol. The van der Waals surface area contributed by atoms with Gasteiger partial charge in [-0.15, -0.1) is 0 Å². The quantitative estimate of drug-likeness (QED) is 0.702. The lowest BCUT2D eigenvalue weighted by Crippen LogP contribution is -2.22. The van der Waals surface area contributed by atoms with Crippen LogP contribution >= 0.6 is 0 Å². The van der Waals surface area contributed by atoms with Crippen LogP contribution in [-0.2, 0) is 33.5 Å². The van der Waals surface area contributed by atoms with Gasteiger partial charge in [0.1, 0.15) is 0 Å². The Morgan fingerprint density at radius 2 is 1.93 bits per heavy atom. The van der Waals surface area contributed by atoms with Gasteiger partial charge in [-0.3, -0.25) is 14.3 Å². The number of nitrogens with one attached hydrogen (secondary N) is 1. The number of nitrogens with zero attached hydrogens (tertiary/aromatic N) is 2. The van der Waals surface area contributed by atoms with E-state index in [2.05, 4.69) is 24.3 Å². The van der Waals surface area contributed by atoms with Crippen molar-refractivity contribution in [2.75, 3.05) is 11.9 Å². The minimum absolute atomic E-state index is 0.0254. The number of aromatic nitrogens is 2. The molecule has 2 rings (SSSR count). The molecule has 0 spiro atoms. The number of alkyl halides is 3. The molecule has 0 atom stereocenters. The predicted molar refractivity (Wildman–Crippen MR) is 101 cm³/mol. The number of rotatable bonds is 7. The van der Waals surface area contributed by atoms with Crippen LogP contribution in [-0.4, -0.2) is 28.3 Å². The molecule has 0 saturated heterocycles. The van der Waals surface area contributed by atoms with Crippen LogP contribution in [0.25, 0.3) is 0 Å². The number of aryl methyl sites for hydroxylation is 1. The van der Waals surface area contributed by atoms with E-state index in [9.17, 15) is 22.8 Å². The smallest absolute Gasteiger partial charge is 0.416 e. The summed E-state index contributed by atoms with van der Waals surface area (Å²) in [5.41, 5.74) is 1.42. The summed E-state index contributed by atoms with van der Waals surface area (Å²) in [5, 5.41) is 6.71. The van der Waals surface area contributed by atoms with E-state index in [1.165, 1.54) is 12.1 Å². The molecular weight excluding hydrogens is 387 g/mol. The maximum Gasteiger partial charge on any atom is 0.416 e. The summed E-state index contributed by atoms with van der Waals surface area (Å²) in [6.07, 6.45) is -4.55. The van der Waals surface area contributed by atoms with Crippen molar-refractivity contribution in [3.05, 3.63) is 46.8 Å². The molecule has 29 heavy (non-hydrogen) atoms. The van der Waals surface area contributed by atoms with Gasteiger partial charge in [-0.05, 0) is 38.0 Å². The Kier molecular flexibility index (Phi) is 7.05. The van der Waals surface area contributed by atoms with Gasteiger partial charge in [0.2, 0.25) is 0 Å². The zero-order valence-electron chi connectivity index (χ0n) is 16.8. The number of hydrogen-bond donors (Lipinski definition) is 1. The second kappa shape index (κ2) is 9.11. The summed E-state index contributed by atoms with van der Waals surface area (Å²) in [6.45, 7) is 7.92. The molecule has 158 valence electrons. The van der Waals surface area contributed by atoms with Crippen LogP contribution in [0.1, 0.15) is 36.4 Å². The molecule has 0 unspecified atom stereocenters. The number of carbonyl (C=O) groups is 2. The normalized spacial score (nSPS) is 11.6. The fourth-order valence-corrected chi connectivity index (χ4v) is 2.83. The highest BCUT2D eigenvalue weighted by Gasteiger charge is 2.30. The number of esters is 1. The van der Waals surface area contributed by atoms with Crippen molar-refractivity contribution in [2.45, 2.75) is 46.8 Å². The number of amides is 1. The molecule has 9 heteroatoms. The molecule has 1 heterocycles. The van der Waals surface area contributed by atoms with Crippen molar-refractivity contribution >= 4 is 17.6 Å². The van der Waals surface area contributed by atoms with E-state index in [1.807, 2.05) is 11.6 Å². The molecule has 2 aromatic rings. The first-order chi connectivity index (χ1) is 13.5. The largest absolute Gasteiger partial charge is 0.455 e. The van der Waals surface area contributed by atoms with E-state index in [4.69, 9.17) is 4.74 Å². The lowest BCUT2D eigenvalue weighted by Gasteiger charge is -2.10. The summed E-state index contributed by atoms with van der Waals surface area (Å²) in [6, 6.07) is 4.23. The number of halogens is 3. The van der Waals surface area contributed by atoms with Crippen molar-refractivity contribution in [3.63, 3.8) is 0 Å². The summed E-state index contributed by atoms with van der Waals surface area (Å²) >= 11 is 0. The topological polar surface area (TPSA) is 73.2 Å².